The van der Waals surface area contributed by atoms with Crippen LogP contribution in [0.5, 0.6) is 5.75 Å². The van der Waals surface area contributed by atoms with Gasteiger partial charge in [0, 0.05) is 6.42 Å². The van der Waals surface area contributed by atoms with Crippen molar-refractivity contribution in [2.45, 2.75) is 38.8 Å². The molecule has 0 radical (unpaired) electrons. The normalized spacial score (nSPS) is 20.0. The Morgan fingerprint density at radius 1 is 1.26 bits per heavy atom. The van der Waals surface area contributed by atoms with Crippen molar-refractivity contribution < 1.29 is 14.3 Å². The summed E-state index contributed by atoms with van der Waals surface area (Å²) in [5, 5.41) is 0. The van der Waals surface area contributed by atoms with Gasteiger partial charge in [-0.3, -0.25) is 9.59 Å². The molecule has 1 atom stereocenters. The van der Waals surface area contributed by atoms with Gasteiger partial charge in [-0.25, -0.2) is 4.90 Å². The number of nitrogens with zero attached hydrogens (tertiary/aromatic N) is 1. The average Bonchev–Trinajstić information content (AvgIpc) is 2.36. The summed E-state index contributed by atoms with van der Waals surface area (Å²) in [7, 11) is 0. The number of rotatable bonds is 3. The predicted molar refractivity (Wildman–Crippen MR) is 71.9 cm³/mol. The van der Waals surface area contributed by atoms with E-state index >= 15 is 0 Å². The third kappa shape index (κ3) is 2.93. The molecular weight excluding hydrogens is 244 g/mol. The van der Waals surface area contributed by atoms with Crippen molar-refractivity contribution in [3.05, 3.63) is 24.3 Å². The van der Waals surface area contributed by atoms with Gasteiger partial charge in [0.1, 0.15) is 5.75 Å². The quantitative estimate of drug-likeness (QED) is 0.837. The van der Waals surface area contributed by atoms with Crippen molar-refractivity contribution >= 4 is 17.5 Å². The van der Waals surface area contributed by atoms with Crippen LogP contribution in [0.1, 0.15) is 26.7 Å². The van der Waals surface area contributed by atoms with E-state index in [0.29, 0.717) is 24.3 Å². The van der Waals surface area contributed by atoms with Crippen LogP contribution in [0.3, 0.4) is 0 Å². The summed E-state index contributed by atoms with van der Waals surface area (Å²) >= 11 is 0. The van der Waals surface area contributed by atoms with Gasteiger partial charge < -0.3 is 10.5 Å². The monoisotopic (exact) mass is 262 g/mol. The number of ether oxygens (including phenoxy) is 1. The van der Waals surface area contributed by atoms with Gasteiger partial charge in [0.05, 0.1) is 17.8 Å². The highest BCUT2D eigenvalue weighted by atomic mass is 16.5. The molecule has 1 aromatic carbocycles. The number of piperidine rings is 1. The second-order valence-electron chi connectivity index (χ2n) is 4.87. The van der Waals surface area contributed by atoms with Crippen molar-refractivity contribution in [3.63, 3.8) is 0 Å². The van der Waals surface area contributed by atoms with Gasteiger partial charge in [-0.05, 0) is 44.5 Å². The molecule has 1 aliphatic rings. The summed E-state index contributed by atoms with van der Waals surface area (Å²) in [6.07, 6.45) is 0.803. The van der Waals surface area contributed by atoms with Gasteiger partial charge in [-0.15, -0.1) is 0 Å². The minimum atomic E-state index is -0.593. The molecule has 5 heteroatoms. The van der Waals surface area contributed by atoms with E-state index in [0.717, 1.165) is 4.90 Å². The molecule has 2 rings (SSSR count). The van der Waals surface area contributed by atoms with E-state index in [1.54, 1.807) is 24.3 Å². The van der Waals surface area contributed by atoms with Crippen LogP contribution in [0, 0.1) is 0 Å². The van der Waals surface area contributed by atoms with Crippen molar-refractivity contribution in [2.24, 2.45) is 5.73 Å². The minimum Gasteiger partial charge on any atom is -0.491 e. The average molecular weight is 262 g/mol. The molecule has 102 valence electrons. The maximum atomic E-state index is 11.9. The highest BCUT2D eigenvalue weighted by Gasteiger charge is 2.33. The number of carbonyl (C=O) groups is 2. The van der Waals surface area contributed by atoms with E-state index in [2.05, 4.69) is 0 Å². The lowest BCUT2D eigenvalue weighted by Crippen LogP contribution is -2.51. The Labute approximate surface area is 112 Å². The van der Waals surface area contributed by atoms with Gasteiger partial charge in [-0.2, -0.15) is 0 Å². The van der Waals surface area contributed by atoms with Crippen molar-refractivity contribution in [3.8, 4) is 5.75 Å². The van der Waals surface area contributed by atoms with Gasteiger partial charge in [0.15, 0.2) is 0 Å². The number of nitrogens with two attached hydrogens (primary N) is 1. The molecule has 1 unspecified atom stereocenters. The van der Waals surface area contributed by atoms with Crippen LogP contribution in [0.2, 0.25) is 0 Å². The van der Waals surface area contributed by atoms with Crippen LogP contribution < -0.4 is 15.4 Å². The fraction of sp³-hybridized carbons (Fsp3) is 0.429. The van der Waals surface area contributed by atoms with Crippen LogP contribution in [-0.2, 0) is 9.59 Å². The highest BCUT2D eigenvalue weighted by Crippen LogP contribution is 2.24. The third-order valence-electron chi connectivity index (χ3n) is 2.92. The molecule has 1 aliphatic heterocycles. The van der Waals surface area contributed by atoms with Crippen LogP contribution in [0.4, 0.5) is 5.69 Å². The number of amides is 2. The largest absolute Gasteiger partial charge is 0.491 e. The zero-order valence-electron chi connectivity index (χ0n) is 11.1. The summed E-state index contributed by atoms with van der Waals surface area (Å²) in [6, 6.07) is 6.30. The van der Waals surface area contributed by atoms with Gasteiger partial charge >= 0.3 is 0 Å². The number of hydrogen-bond acceptors (Lipinski definition) is 4. The molecule has 19 heavy (non-hydrogen) atoms. The Morgan fingerprint density at radius 2 is 1.89 bits per heavy atom. The van der Waals surface area contributed by atoms with Crippen LogP contribution >= 0.6 is 0 Å². The van der Waals surface area contributed by atoms with Crippen LogP contribution in [-0.4, -0.2) is 24.0 Å². The van der Waals surface area contributed by atoms with E-state index in [1.807, 2.05) is 13.8 Å². The van der Waals surface area contributed by atoms with Gasteiger partial charge in [0.25, 0.3) is 5.91 Å². The molecule has 5 nitrogen and oxygen atoms in total. The van der Waals surface area contributed by atoms with Crippen LogP contribution in [0.25, 0.3) is 0 Å². The number of anilines is 1. The number of hydrogen-bond donors (Lipinski definition) is 1. The minimum absolute atomic E-state index is 0.0810. The topological polar surface area (TPSA) is 72.6 Å². The summed E-state index contributed by atoms with van der Waals surface area (Å²) in [5.74, 6) is 0.165. The van der Waals surface area contributed by atoms with Gasteiger partial charge in [-0.1, -0.05) is 0 Å². The van der Waals surface area contributed by atoms with E-state index in [9.17, 15) is 9.59 Å². The second kappa shape index (κ2) is 5.40. The third-order valence-corrected chi connectivity index (χ3v) is 2.92. The lowest BCUT2D eigenvalue weighted by molar-refractivity contribution is -0.130. The Hall–Kier alpha value is -1.88. The fourth-order valence-corrected chi connectivity index (χ4v) is 2.02. The first kappa shape index (κ1) is 13.5. The molecule has 0 spiro atoms. The second-order valence-corrected chi connectivity index (χ2v) is 4.87. The molecule has 2 amide bonds. The Balaban J connectivity index is 2.21. The molecule has 0 bridgehead atoms. The Morgan fingerprint density at radius 3 is 2.47 bits per heavy atom. The Kier molecular flexibility index (Phi) is 3.85. The van der Waals surface area contributed by atoms with Crippen molar-refractivity contribution in [1.29, 1.82) is 0 Å². The Bertz CT molecular complexity index is 482. The number of carbonyl (C=O) groups excluding carboxylic acids is 2. The molecule has 0 aromatic heterocycles. The first-order chi connectivity index (χ1) is 8.99. The predicted octanol–water partition coefficient (Wildman–Crippen LogP) is 1.45. The van der Waals surface area contributed by atoms with E-state index in [-0.39, 0.29) is 17.9 Å². The zero-order valence-corrected chi connectivity index (χ0v) is 11.1. The smallest absolute Gasteiger partial charge is 0.250 e. The summed E-state index contributed by atoms with van der Waals surface area (Å²) in [5.41, 5.74) is 6.24. The molecule has 1 fully saturated rings. The first-order valence-corrected chi connectivity index (χ1v) is 6.38. The van der Waals surface area contributed by atoms with Crippen molar-refractivity contribution in [2.75, 3.05) is 4.90 Å². The molecule has 0 saturated carbocycles. The molecule has 1 saturated heterocycles. The lowest BCUT2D eigenvalue weighted by atomic mass is 10.0. The summed E-state index contributed by atoms with van der Waals surface area (Å²) < 4.78 is 5.52. The standard InChI is InChI=1S/C14H18N2O3/c1-9(2)19-11-5-3-10(4-6-11)16-13(17)8-7-12(15)14(16)18/h3-6,9,12H,7-8,15H2,1-2H3. The van der Waals surface area contributed by atoms with Gasteiger partial charge in [0.2, 0.25) is 5.91 Å². The van der Waals surface area contributed by atoms with Crippen molar-refractivity contribution in [1.82, 2.24) is 0 Å². The maximum absolute atomic E-state index is 11.9. The maximum Gasteiger partial charge on any atom is 0.250 e. The van der Waals surface area contributed by atoms with E-state index < -0.39 is 6.04 Å². The zero-order chi connectivity index (χ0) is 14.0. The molecule has 1 heterocycles. The molecule has 0 aliphatic carbocycles. The molecule has 1 aromatic rings. The summed E-state index contributed by atoms with van der Waals surface area (Å²) in [4.78, 5) is 24.9. The number of benzene rings is 1. The fourth-order valence-electron chi connectivity index (χ4n) is 2.02. The van der Waals surface area contributed by atoms with E-state index in [4.69, 9.17) is 10.5 Å². The molecule has 2 N–H and O–H groups in total. The van der Waals surface area contributed by atoms with Crippen LogP contribution in [0.15, 0.2) is 24.3 Å². The number of imide groups is 1. The molecular formula is C14H18N2O3. The van der Waals surface area contributed by atoms with E-state index in [1.165, 1.54) is 0 Å². The first-order valence-electron chi connectivity index (χ1n) is 6.38. The summed E-state index contributed by atoms with van der Waals surface area (Å²) in [6.45, 7) is 3.87. The lowest BCUT2D eigenvalue weighted by Gasteiger charge is -2.28. The highest BCUT2D eigenvalue weighted by molar-refractivity contribution is 6.18. The SMILES string of the molecule is CC(C)Oc1ccc(N2C(=O)CCC(N)C2=O)cc1.